The van der Waals surface area contributed by atoms with Gasteiger partial charge in [0.15, 0.2) is 0 Å². The Kier molecular flexibility index (Phi) is 13.0. The molecule has 0 heterocycles. The Labute approximate surface area is 182 Å². The molecule has 0 aromatic heterocycles. The van der Waals surface area contributed by atoms with E-state index in [9.17, 15) is 29.1 Å². The molecule has 10 N–H and O–H groups in total. The maximum Gasteiger partial charge on any atom is 0.326 e. The van der Waals surface area contributed by atoms with Crippen molar-refractivity contribution in [3.63, 3.8) is 0 Å². The zero-order valence-corrected chi connectivity index (χ0v) is 18.3. The predicted molar refractivity (Wildman–Crippen MR) is 113 cm³/mol. The first-order valence-electron chi connectivity index (χ1n) is 10.3. The van der Waals surface area contributed by atoms with Crippen molar-refractivity contribution in [1.29, 1.82) is 0 Å². The number of carbonyl (C=O) groups excluding carboxylic acids is 4. The van der Waals surface area contributed by atoms with Crippen LogP contribution in [0.3, 0.4) is 0 Å². The lowest BCUT2D eigenvalue weighted by atomic mass is 10.0. The number of carboxylic acid groups (broad SMARTS) is 1. The summed E-state index contributed by atoms with van der Waals surface area (Å²) in [5.74, 6) is -4.28. The number of nitrogens with one attached hydrogen (secondary N) is 3. The molecule has 0 aromatic carbocycles. The Morgan fingerprint density at radius 3 is 1.94 bits per heavy atom. The molecule has 31 heavy (non-hydrogen) atoms. The molecule has 12 heteroatoms. The highest BCUT2D eigenvalue weighted by atomic mass is 16.4. The lowest BCUT2D eigenvalue weighted by Crippen LogP contribution is -2.57. The van der Waals surface area contributed by atoms with E-state index in [4.69, 9.17) is 17.2 Å². The van der Waals surface area contributed by atoms with Crippen LogP contribution < -0.4 is 33.2 Å². The van der Waals surface area contributed by atoms with Gasteiger partial charge in [-0.2, -0.15) is 0 Å². The van der Waals surface area contributed by atoms with Crippen LogP contribution in [0.1, 0.15) is 52.9 Å². The van der Waals surface area contributed by atoms with Crippen molar-refractivity contribution in [1.82, 2.24) is 16.0 Å². The van der Waals surface area contributed by atoms with Crippen LogP contribution in [0.15, 0.2) is 0 Å². The zero-order chi connectivity index (χ0) is 24.1. The quantitative estimate of drug-likeness (QED) is 0.139. The van der Waals surface area contributed by atoms with Gasteiger partial charge in [-0.05, 0) is 38.6 Å². The molecule has 4 amide bonds. The summed E-state index contributed by atoms with van der Waals surface area (Å²) in [5.41, 5.74) is 16.3. The summed E-state index contributed by atoms with van der Waals surface area (Å²) in [5, 5.41) is 16.3. The molecule has 0 spiro atoms. The number of carboxylic acids is 1. The second kappa shape index (κ2) is 14.3. The van der Waals surface area contributed by atoms with Crippen molar-refractivity contribution in [3.05, 3.63) is 0 Å². The van der Waals surface area contributed by atoms with E-state index in [0.717, 1.165) is 6.42 Å². The van der Waals surface area contributed by atoms with Crippen LogP contribution in [0.2, 0.25) is 0 Å². The molecule has 0 aromatic rings. The van der Waals surface area contributed by atoms with Crippen molar-refractivity contribution >= 4 is 29.6 Å². The molecule has 0 radical (unpaired) electrons. The SMILES string of the molecule is CC(C)CC(NC(=O)C(CC(N)=O)NC(=O)C(C)NC(=O)C(N)CCCCN)C(=O)O. The van der Waals surface area contributed by atoms with Crippen molar-refractivity contribution in [2.24, 2.45) is 23.1 Å². The van der Waals surface area contributed by atoms with Crippen LogP contribution in [0.25, 0.3) is 0 Å². The maximum absolute atomic E-state index is 12.5. The largest absolute Gasteiger partial charge is 0.480 e. The fraction of sp³-hybridized carbons (Fsp3) is 0.737. The monoisotopic (exact) mass is 444 g/mol. The summed E-state index contributed by atoms with van der Waals surface area (Å²) < 4.78 is 0. The van der Waals surface area contributed by atoms with Gasteiger partial charge in [0.1, 0.15) is 18.1 Å². The minimum absolute atomic E-state index is 0.0186. The van der Waals surface area contributed by atoms with Gasteiger partial charge >= 0.3 is 5.97 Å². The van der Waals surface area contributed by atoms with Crippen molar-refractivity contribution in [2.45, 2.75) is 77.0 Å². The number of hydrogen-bond donors (Lipinski definition) is 7. The summed E-state index contributed by atoms with van der Waals surface area (Å²) in [4.78, 5) is 59.7. The minimum Gasteiger partial charge on any atom is -0.480 e. The minimum atomic E-state index is -1.39. The molecule has 0 saturated carbocycles. The topological polar surface area (TPSA) is 220 Å². The summed E-state index contributed by atoms with van der Waals surface area (Å²) in [6.45, 7) is 5.44. The van der Waals surface area contributed by atoms with E-state index in [2.05, 4.69) is 16.0 Å². The first-order valence-corrected chi connectivity index (χ1v) is 10.3. The third-order valence-corrected chi connectivity index (χ3v) is 4.42. The van der Waals surface area contributed by atoms with Crippen LogP contribution >= 0.6 is 0 Å². The molecule has 4 atom stereocenters. The fourth-order valence-electron chi connectivity index (χ4n) is 2.70. The van der Waals surface area contributed by atoms with E-state index in [-0.39, 0.29) is 12.3 Å². The Hall–Kier alpha value is -2.73. The summed E-state index contributed by atoms with van der Waals surface area (Å²) >= 11 is 0. The molecule has 4 unspecified atom stereocenters. The number of rotatable bonds is 15. The molecule has 178 valence electrons. The molecule has 0 aliphatic carbocycles. The van der Waals surface area contributed by atoms with E-state index in [1.165, 1.54) is 6.92 Å². The number of primary amides is 1. The van der Waals surface area contributed by atoms with Crippen molar-refractivity contribution < 1.29 is 29.1 Å². The standard InChI is InChI=1S/C19H36N6O6/c1-10(2)8-14(19(30)31)25-18(29)13(9-15(22)26)24-16(27)11(3)23-17(28)12(21)6-4-5-7-20/h10-14H,4-9,20-21H2,1-3H3,(H2,22,26)(H,23,28)(H,24,27)(H,25,29)(H,30,31). The van der Waals surface area contributed by atoms with E-state index >= 15 is 0 Å². The number of aliphatic carboxylic acids is 1. The Balaban J connectivity index is 5.03. The number of unbranched alkanes of at least 4 members (excludes halogenated alkanes) is 1. The van der Waals surface area contributed by atoms with Gasteiger partial charge in [0.25, 0.3) is 0 Å². The molecule has 12 nitrogen and oxygen atoms in total. The zero-order valence-electron chi connectivity index (χ0n) is 18.3. The molecule has 0 bridgehead atoms. The lowest BCUT2D eigenvalue weighted by Gasteiger charge is -2.23. The number of carbonyl (C=O) groups is 5. The molecule has 0 fully saturated rings. The van der Waals surface area contributed by atoms with Gasteiger partial charge in [-0.3, -0.25) is 19.2 Å². The van der Waals surface area contributed by atoms with Crippen LogP contribution in [0, 0.1) is 5.92 Å². The van der Waals surface area contributed by atoms with Gasteiger partial charge in [0.2, 0.25) is 23.6 Å². The van der Waals surface area contributed by atoms with Gasteiger partial charge in [-0.1, -0.05) is 20.3 Å². The third kappa shape index (κ3) is 11.9. The number of nitrogens with two attached hydrogens (primary N) is 3. The highest BCUT2D eigenvalue weighted by molar-refractivity contribution is 5.95. The predicted octanol–water partition coefficient (Wildman–Crippen LogP) is -2.08. The van der Waals surface area contributed by atoms with Crippen molar-refractivity contribution in [2.75, 3.05) is 6.54 Å². The smallest absolute Gasteiger partial charge is 0.326 e. The third-order valence-electron chi connectivity index (χ3n) is 4.42. The van der Waals surface area contributed by atoms with Gasteiger partial charge in [-0.15, -0.1) is 0 Å². The summed E-state index contributed by atoms with van der Waals surface area (Å²) in [6.07, 6.45) is 1.40. The first kappa shape index (κ1) is 28.3. The lowest BCUT2D eigenvalue weighted by molar-refractivity contribution is -0.143. The second-order valence-corrected chi connectivity index (χ2v) is 7.88. The van der Waals surface area contributed by atoms with Crippen molar-refractivity contribution in [3.8, 4) is 0 Å². The number of amides is 4. The highest BCUT2D eigenvalue weighted by Crippen LogP contribution is 2.06. The average Bonchev–Trinajstić information content (AvgIpc) is 2.65. The van der Waals surface area contributed by atoms with E-state index in [0.29, 0.717) is 19.4 Å². The first-order chi connectivity index (χ1) is 14.4. The Morgan fingerprint density at radius 1 is 0.871 bits per heavy atom. The van der Waals surface area contributed by atoms with E-state index < -0.39 is 60.2 Å². The molecular weight excluding hydrogens is 408 g/mol. The highest BCUT2D eigenvalue weighted by Gasteiger charge is 2.30. The summed E-state index contributed by atoms with van der Waals surface area (Å²) in [7, 11) is 0. The fourth-order valence-corrected chi connectivity index (χ4v) is 2.70. The average molecular weight is 445 g/mol. The maximum atomic E-state index is 12.5. The molecule has 0 saturated heterocycles. The second-order valence-electron chi connectivity index (χ2n) is 7.88. The van der Waals surface area contributed by atoms with Gasteiger partial charge in [0, 0.05) is 0 Å². The van der Waals surface area contributed by atoms with E-state index in [1.807, 2.05) is 0 Å². The van der Waals surface area contributed by atoms with E-state index in [1.54, 1.807) is 13.8 Å². The molecule has 0 aliphatic heterocycles. The number of hydrogen-bond acceptors (Lipinski definition) is 7. The molecular formula is C19H36N6O6. The normalized spacial score (nSPS) is 14.8. The van der Waals surface area contributed by atoms with Gasteiger partial charge in [0.05, 0.1) is 12.5 Å². The van der Waals surface area contributed by atoms with Crippen LogP contribution in [-0.2, 0) is 24.0 Å². The van der Waals surface area contributed by atoms with Crippen LogP contribution in [-0.4, -0.2) is 65.4 Å². The Morgan fingerprint density at radius 2 is 1.45 bits per heavy atom. The Bertz CT molecular complexity index is 641. The summed E-state index contributed by atoms with van der Waals surface area (Å²) in [6, 6.07) is -4.46. The molecule has 0 aliphatic rings. The van der Waals surface area contributed by atoms with Gasteiger partial charge in [-0.25, -0.2) is 4.79 Å². The van der Waals surface area contributed by atoms with Crippen LogP contribution in [0.5, 0.6) is 0 Å². The molecule has 0 rings (SSSR count). The van der Waals surface area contributed by atoms with Crippen LogP contribution in [0.4, 0.5) is 0 Å². The van der Waals surface area contributed by atoms with Gasteiger partial charge < -0.3 is 38.3 Å².